The van der Waals surface area contributed by atoms with Gasteiger partial charge in [-0.15, -0.1) is 0 Å². The molecule has 28 heavy (non-hydrogen) atoms. The van der Waals surface area contributed by atoms with Crippen LogP contribution in [0.15, 0.2) is 52.6 Å². The summed E-state index contributed by atoms with van der Waals surface area (Å²) in [4.78, 5) is 25.2. The topological polar surface area (TPSA) is 76.7 Å². The Labute approximate surface area is 172 Å². The number of nitrogens with one attached hydrogen (secondary N) is 2. The normalized spacial score (nSPS) is 12.6. The minimum Gasteiger partial charge on any atom is -0.454 e. The minimum atomic E-state index is -0.356. The molecule has 2 aromatic carbocycles. The van der Waals surface area contributed by atoms with E-state index in [0.29, 0.717) is 23.6 Å². The second-order valence-electron chi connectivity index (χ2n) is 6.24. The quantitative estimate of drug-likeness (QED) is 0.501. The van der Waals surface area contributed by atoms with Gasteiger partial charge < -0.3 is 20.1 Å². The van der Waals surface area contributed by atoms with Crippen molar-refractivity contribution < 1.29 is 19.1 Å². The Morgan fingerprint density at radius 2 is 1.86 bits per heavy atom. The molecule has 1 aliphatic heterocycles. The van der Waals surface area contributed by atoms with Crippen LogP contribution in [0.25, 0.3) is 6.08 Å². The van der Waals surface area contributed by atoms with Crippen LogP contribution in [-0.2, 0) is 4.79 Å². The zero-order valence-corrected chi connectivity index (χ0v) is 17.0. The van der Waals surface area contributed by atoms with E-state index in [4.69, 9.17) is 9.47 Å². The predicted octanol–water partition coefficient (Wildman–Crippen LogP) is 3.87. The molecule has 0 radical (unpaired) electrons. The highest BCUT2D eigenvalue weighted by molar-refractivity contribution is 9.10. The SMILES string of the molecule is CCCCNC(=O)/C(=C\c1ccc2c(c1)OCO2)NC(=O)c1ccc(Br)cc1. The minimum absolute atomic E-state index is 0.169. The van der Waals surface area contributed by atoms with E-state index in [2.05, 4.69) is 26.6 Å². The second kappa shape index (κ2) is 9.41. The first-order valence-electron chi connectivity index (χ1n) is 9.03. The number of ether oxygens (including phenoxy) is 2. The average molecular weight is 445 g/mol. The maximum absolute atomic E-state index is 12.6. The number of fused-ring (bicyclic) bond motifs is 1. The lowest BCUT2D eigenvalue weighted by Crippen LogP contribution is -2.35. The van der Waals surface area contributed by atoms with Crippen LogP contribution in [0.5, 0.6) is 11.5 Å². The van der Waals surface area contributed by atoms with Crippen molar-refractivity contribution in [2.24, 2.45) is 0 Å². The van der Waals surface area contributed by atoms with E-state index in [9.17, 15) is 9.59 Å². The van der Waals surface area contributed by atoms with Gasteiger partial charge in [-0.3, -0.25) is 9.59 Å². The largest absolute Gasteiger partial charge is 0.454 e. The number of unbranched alkanes of at least 4 members (excludes halogenated alkanes) is 1. The van der Waals surface area contributed by atoms with Crippen molar-refractivity contribution in [1.29, 1.82) is 0 Å². The number of benzene rings is 2. The summed E-state index contributed by atoms with van der Waals surface area (Å²) in [5.74, 6) is 0.574. The van der Waals surface area contributed by atoms with Gasteiger partial charge in [0.15, 0.2) is 11.5 Å². The monoisotopic (exact) mass is 444 g/mol. The van der Waals surface area contributed by atoms with Crippen molar-refractivity contribution in [3.63, 3.8) is 0 Å². The van der Waals surface area contributed by atoms with Gasteiger partial charge in [-0.05, 0) is 54.5 Å². The molecule has 2 amide bonds. The van der Waals surface area contributed by atoms with Crippen LogP contribution >= 0.6 is 15.9 Å². The number of halogens is 1. The smallest absolute Gasteiger partial charge is 0.267 e. The molecule has 3 rings (SSSR count). The molecule has 0 aliphatic carbocycles. The number of carbonyl (C=O) groups excluding carboxylic acids is 2. The van der Waals surface area contributed by atoms with Gasteiger partial charge in [-0.25, -0.2) is 0 Å². The Morgan fingerprint density at radius 3 is 2.61 bits per heavy atom. The van der Waals surface area contributed by atoms with Gasteiger partial charge in [0, 0.05) is 16.6 Å². The van der Waals surface area contributed by atoms with Crippen molar-refractivity contribution in [1.82, 2.24) is 10.6 Å². The van der Waals surface area contributed by atoms with Crippen LogP contribution < -0.4 is 20.1 Å². The van der Waals surface area contributed by atoms with Gasteiger partial charge in [-0.2, -0.15) is 0 Å². The molecule has 0 saturated carbocycles. The summed E-state index contributed by atoms with van der Waals surface area (Å²) >= 11 is 3.34. The van der Waals surface area contributed by atoms with Crippen molar-refractivity contribution in [2.75, 3.05) is 13.3 Å². The number of carbonyl (C=O) groups is 2. The molecule has 0 bridgehead atoms. The van der Waals surface area contributed by atoms with E-state index in [1.807, 2.05) is 6.92 Å². The molecular formula is C21H21BrN2O4. The zero-order chi connectivity index (χ0) is 19.9. The fourth-order valence-corrected chi connectivity index (χ4v) is 2.86. The van der Waals surface area contributed by atoms with Gasteiger partial charge in [0.1, 0.15) is 5.70 Å². The number of rotatable bonds is 7. The van der Waals surface area contributed by atoms with Gasteiger partial charge in [0.2, 0.25) is 6.79 Å². The van der Waals surface area contributed by atoms with Gasteiger partial charge in [0.05, 0.1) is 0 Å². The van der Waals surface area contributed by atoms with Crippen molar-refractivity contribution >= 4 is 33.8 Å². The lowest BCUT2D eigenvalue weighted by molar-refractivity contribution is -0.117. The van der Waals surface area contributed by atoms with Gasteiger partial charge in [0.25, 0.3) is 11.8 Å². The molecule has 1 heterocycles. The predicted molar refractivity (Wildman–Crippen MR) is 110 cm³/mol. The molecule has 1 aliphatic rings. The van der Waals surface area contributed by atoms with Crippen LogP contribution in [0.4, 0.5) is 0 Å². The molecule has 7 heteroatoms. The molecule has 2 N–H and O–H groups in total. The van der Waals surface area contributed by atoms with E-state index in [0.717, 1.165) is 22.9 Å². The molecule has 146 valence electrons. The highest BCUT2D eigenvalue weighted by Crippen LogP contribution is 2.33. The lowest BCUT2D eigenvalue weighted by atomic mass is 10.1. The highest BCUT2D eigenvalue weighted by atomic mass is 79.9. The fourth-order valence-electron chi connectivity index (χ4n) is 2.60. The zero-order valence-electron chi connectivity index (χ0n) is 15.5. The molecule has 0 aromatic heterocycles. The summed E-state index contributed by atoms with van der Waals surface area (Å²) in [7, 11) is 0. The molecular weight excluding hydrogens is 424 g/mol. The molecule has 2 aromatic rings. The molecule has 0 spiro atoms. The van der Waals surface area contributed by atoms with E-state index < -0.39 is 0 Å². The molecule has 0 saturated heterocycles. The first kappa shape index (κ1) is 19.9. The van der Waals surface area contributed by atoms with Crippen LogP contribution in [0.2, 0.25) is 0 Å². The molecule has 0 fully saturated rings. The third-order valence-electron chi connectivity index (χ3n) is 4.12. The maximum Gasteiger partial charge on any atom is 0.267 e. The molecule has 0 unspecified atom stereocenters. The highest BCUT2D eigenvalue weighted by Gasteiger charge is 2.16. The Morgan fingerprint density at radius 1 is 1.11 bits per heavy atom. The Bertz CT molecular complexity index is 894. The van der Waals surface area contributed by atoms with Crippen LogP contribution in [0, 0.1) is 0 Å². The Balaban J connectivity index is 1.82. The molecule has 0 atom stereocenters. The fraction of sp³-hybridized carbons (Fsp3) is 0.238. The lowest BCUT2D eigenvalue weighted by Gasteiger charge is -2.11. The van der Waals surface area contributed by atoms with Crippen LogP contribution in [0.3, 0.4) is 0 Å². The number of amides is 2. The first-order valence-corrected chi connectivity index (χ1v) is 9.82. The average Bonchev–Trinajstić information content (AvgIpc) is 3.16. The summed E-state index contributed by atoms with van der Waals surface area (Å²) in [6.45, 7) is 2.76. The molecule has 6 nitrogen and oxygen atoms in total. The van der Waals surface area contributed by atoms with Crippen molar-refractivity contribution in [2.45, 2.75) is 19.8 Å². The van der Waals surface area contributed by atoms with Crippen molar-refractivity contribution in [3.8, 4) is 11.5 Å². The second-order valence-corrected chi connectivity index (χ2v) is 7.16. The number of hydrogen-bond acceptors (Lipinski definition) is 4. The van der Waals surface area contributed by atoms with E-state index >= 15 is 0 Å². The third-order valence-corrected chi connectivity index (χ3v) is 4.65. The van der Waals surface area contributed by atoms with Crippen molar-refractivity contribution in [3.05, 3.63) is 63.8 Å². The van der Waals surface area contributed by atoms with E-state index in [1.54, 1.807) is 48.5 Å². The summed E-state index contributed by atoms with van der Waals surface area (Å²) in [6, 6.07) is 12.3. The van der Waals surface area contributed by atoms with Crippen LogP contribution in [-0.4, -0.2) is 25.2 Å². The standard InChI is InChI=1S/C21H21BrN2O4/c1-2-3-10-23-21(26)17(24-20(25)15-5-7-16(22)8-6-15)11-14-4-9-18-19(12-14)28-13-27-18/h4-9,11-12H,2-3,10,13H2,1H3,(H,23,26)(H,24,25)/b17-11+. The van der Waals surface area contributed by atoms with E-state index in [1.165, 1.54) is 0 Å². The summed E-state index contributed by atoms with van der Waals surface area (Å²) in [5, 5.41) is 5.56. The first-order chi connectivity index (χ1) is 13.6. The third kappa shape index (κ3) is 5.13. The Hall–Kier alpha value is -2.80. The number of hydrogen-bond donors (Lipinski definition) is 2. The van der Waals surface area contributed by atoms with E-state index in [-0.39, 0.29) is 24.3 Å². The Kier molecular flexibility index (Phi) is 6.71. The van der Waals surface area contributed by atoms with Crippen LogP contribution in [0.1, 0.15) is 35.7 Å². The van der Waals surface area contributed by atoms with Gasteiger partial charge >= 0.3 is 0 Å². The summed E-state index contributed by atoms with van der Waals surface area (Å²) in [5.41, 5.74) is 1.35. The van der Waals surface area contributed by atoms with Gasteiger partial charge in [-0.1, -0.05) is 35.3 Å². The maximum atomic E-state index is 12.6. The summed E-state index contributed by atoms with van der Waals surface area (Å²) in [6.07, 6.45) is 3.45. The summed E-state index contributed by atoms with van der Waals surface area (Å²) < 4.78 is 11.6.